The van der Waals surface area contributed by atoms with Crippen molar-refractivity contribution in [2.75, 3.05) is 19.6 Å². The van der Waals surface area contributed by atoms with E-state index in [0.29, 0.717) is 24.3 Å². The molecule has 0 heterocycles. The van der Waals surface area contributed by atoms with Crippen molar-refractivity contribution in [1.29, 1.82) is 0 Å². The zero-order valence-corrected chi connectivity index (χ0v) is 23.2. The predicted octanol–water partition coefficient (Wildman–Crippen LogP) is 5.18. The summed E-state index contributed by atoms with van der Waals surface area (Å²) >= 11 is 0. The van der Waals surface area contributed by atoms with E-state index in [2.05, 4.69) is 10.6 Å². The first-order valence-electron chi connectivity index (χ1n) is 13.6. The molecule has 5 rings (SSSR count). The molecule has 8 heteroatoms. The van der Waals surface area contributed by atoms with Gasteiger partial charge in [0.25, 0.3) is 10.1 Å². The van der Waals surface area contributed by atoms with Gasteiger partial charge in [0.15, 0.2) is 0 Å². The average Bonchev–Trinajstić information content (AvgIpc) is 2.77. The normalized spacial score (nSPS) is 29.3. The lowest BCUT2D eigenvalue weighted by molar-refractivity contribution is -0.121. The number of aryl methyl sites for hydroxylation is 1. The molecule has 7 nitrogen and oxygen atoms in total. The van der Waals surface area contributed by atoms with Crippen LogP contribution in [-0.2, 0) is 19.0 Å². The highest BCUT2D eigenvalue weighted by Gasteiger charge is 2.56. The van der Waals surface area contributed by atoms with Gasteiger partial charge in [-0.05, 0) is 114 Å². The molecule has 4 unspecified atom stereocenters. The zero-order chi connectivity index (χ0) is 26.0. The first-order valence-corrected chi connectivity index (χ1v) is 15.0. The maximum Gasteiger partial charge on any atom is 0.407 e. The average molecular weight is 521 g/mol. The molecule has 4 fully saturated rings. The fourth-order valence-corrected chi connectivity index (χ4v) is 8.02. The minimum atomic E-state index is -3.74. The fourth-order valence-electron chi connectivity index (χ4n) is 6.84. The topological polar surface area (TPSA) is 93.7 Å². The Balaban J connectivity index is 1.19. The fraction of sp³-hybridized carbons (Fsp3) is 0.750. The summed E-state index contributed by atoms with van der Waals surface area (Å²) in [7, 11) is -3.74. The summed E-state index contributed by atoms with van der Waals surface area (Å²) in [5.74, 6) is 1.36. The SMILES string of the molecule is Cc1ccc(S(=O)(=O)OC2C3CC4C[C@H]2CC(CNCCCCCNC(=O)OC(C)(C)C)(C4)C3)cc1. The molecule has 36 heavy (non-hydrogen) atoms. The highest BCUT2D eigenvalue weighted by Crippen LogP contribution is 2.60. The predicted molar refractivity (Wildman–Crippen MR) is 140 cm³/mol. The molecule has 1 aromatic carbocycles. The number of alkyl carbamates (subject to hydrolysis) is 1. The first-order chi connectivity index (χ1) is 16.9. The minimum absolute atomic E-state index is 0.182. The number of hydrogen-bond acceptors (Lipinski definition) is 6. The van der Waals surface area contributed by atoms with Crippen molar-refractivity contribution >= 4 is 16.2 Å². The van der Waals surface area contributed by atoms with Crippen molar-refractivity contribution in [1.82, 2.24) is 10.6 Å². The molecule has 4 aliphatic rings. The van der Waals surface area contributed by atoms with Gasteiger partial charge in [0.1, 0.15) is 5.60 Å². The highest BCUT2D eigenvalue weighted by atomic mass is 32.2. The molecule has 2 N–H and O–H groups in total. The van der Waals surface area contributed by atoms with Gasteiger partial charge in [-0.2, -0.15) is 8.42 Å². The maximum atomic E-state index is 13.0. The number of amides is 1. The van der Waals surface area contributed by atoms with Crippen LogP contribution >= 0.6 is 0 Å². The molecular weight excluding hydrogens is 476 g/mol. The highest BCUT2D eigenvalue weighted by molar-refractivity contribution is 7.86. The number of carbonyl (C=O) groups excluding carboxylic acids is 1. The summed E-state index contributed by atoms with van der Waals surface area (Å²) in [6.45, 7) is 10.1. The minimum Gasteiger partial charge on any atom is -0.444 e. The lowest BCUT2D eigenvalue weighted by Gasteiger charge is -2.59. The molecule has 202 valence electrons. The number of carbonyl (C=O) groups is 1. The Morgan fingerprint density at radius 3 is 2.28 bits per heavy atom. The van der Waals surface area contributed by atoms with Gasteiger partial charge in [0.05, 0.1) is 11.0 Å². The molecule has 4 bridgehead atoms. The summed E-state index contributed by atoms with van der Waals surface area (Å²) in [6, 6.07) is 6.95. The largest absolute Gasteiger partial charge is 0.444 e. The third-order valence-electron chi connectivity index (χ3n) is 8.06. The van der Waals surface area contributed by atoms with Crippen molar-refractivity contribution in [3.8, 4) is 0 Å². The van der Waals surface area contributed by atoms with Crippen molar-refractivity contribution in [2.24, 2.45) is 23.2 Å². The molecule has 0 radical (unpaired) electrons. The Kier molecular flexibility index (Phi) is 8.37. The standard InChI is InChI=1S/C28H44N2O5S/c1-20-8-10-24(11-9-20)36(32,33)35-25-22-14-21-15-23(25)18-28(16-21,17-22)19-29-12-6-5-7-13-30-26(31)34-27(2,3)4/h8-11,21-23,25,29H,5-7,12-19H2,1-4H3,(H,30,31)/t21?,22-,23?,25?,28?/m0/s1. The number of rotatable bonds is 11. The maximum absolute atomic E-state index is 13.0. The van der Waals surface area contributed by atoms with Crippen LogP contribution in [0.5, 0.6) is 0 Å². The molecule has 1 aromatic rings. The molecule has 1 amide bonds. The lowest BCUT2D eigenvalue weighted by atomic mass is 9.48. The van der Waals surface area contributed by atoms with Crippen LogP contribution in [0.2, 0.25) is 0 Å². The molecule has 0 aliphatic heterocycles. The second-order valence-electron chi connectivity index (χ2n) is 12.5. The van der Waals surface area contributed by atoms with Crippen LogP contribution < -0.4 is 10.6 Å². The van der Waals surface area contributed by atoms with E-state index in [1.807, 2.05) is 39.8 Å². The van der Waals surface area contributed by atoms with Crippen LogP contribution in [0.1, 0.15) is 77.7 Å². The number of nitrogens with one attached hydrogen (secondary N) is 2. The molecule has 5 atom stereocenters. The Bertz CT molecular complexity index is 986. The summed E-state index contributed by atoms with van der Waals surface area (Å²) < 4.78 is 37.1. The third-order valence-corrected chi connectivity index (χ3v) is 9.38. The van der Waals surface area contributed by atoms with Gasteiger partial charge in [0.2, 0.25) is 0 Å². The van der Waals surface area contributed by atoms with Crippen LogP contribution in [0.4, 0.5) is 4.79 Å². The van der Waals surface area contributed by atoms with Crippen molar-refractivity contribution in [2.45, 2.75) is 95.7 Å². The summed E-state index contributed by atoms with van der Waals surface area (Å²) in [5, 5.41) is 6.51. The monoisotopic (exact) mass is 520 g/mol. The summed E-state index contributed by atoms with van der Waals surface area (Å²) in [6.07, 6.45) is 8.08. The Morgan fingerprint density at radius 1 is 1.00 bits per heavy atom. The van der Waals surface area contributed by atoms with E-state index in [1.165, 1.54) is 6.42 Å². The van der Waals surface area contributed by atoms with Crippen LogP contribution in [0.3, 0.4) is 0 Å². The van der Waals surface area contributed by atoms with E-state index in [0.717, 1.165) is 63.6 Å². The van der Waals surface area contributed by atoms with Crippen LogP contribution in [0.15, 0.2) is 29.2 Å². The van der Waals surface area contributed by atoms with Gasteiger partial charge in [-0.1, -0.05) is 24.1 Å². The summed E-state index contributed by atoms with van der Waals surface area (Å²) in [4.78, 5) is 12.0. The molecule has 0 saturated heterocycles. The van der Waals surface area contributed by atoms with Crippen LogP contribution in [0, 0.1) is 30.1 Å². The summed E-state index contributed by atoms with van der Waals surface area (Å²) in [5.41, 5.74) is 0.852. The van der Waals surface area contributed by atoms with Crippen molar-refractivity contribution in [3.05, 3.63) is 29.8 Å². The van der Waals surface area contributed by atoms with Gasteiger partial charge in [-0.3, -0.25) is 4.18 Å². The van der Waals surface area contributed by atoms with Gasteiger partial charge in [-0.25, -0.2) is 4.79 Å². The lowest BCUT2D eigenvalue weighted by Crippen LogP contribution is -2.57. The number of hydrogen-bond donors (Lipinski definition) is 2. The van der Waals surface area contributed by atoms with E-state index in [1.54, 1.807) is 12.1 Å². The molecular formula is C28H44N2O5S. The Hall–Kier alpha value is -1.64. The molecule has 4 saturated carbocycles. The van der Waals surface area contributed by atoms with E-state index in [-0.39, 0.29) is 22.5 Å². The number of unbranched alkanes of at least 4 members (excludes halogenated alkanes) is 2. The van der Waals surface area contributed by atoms with Crippen molar-refractivity contribution in [3.63, 3.8) is 0 Å². The second kappa shape index (κ2) is 11.0. The quantitative estimate of drug-likeness (QED) is 0.308. The zero-order valence-electron chi connectivity index (χ0n) is 22.3. The first kappa shape index (κ1) is 27.4. The van der Waals surface area contributed by atoms with Crippen LogP contribution in [0.25, 0.3) is 0 Å². The van der Waals surface area contributed by atoms with Gasteiger partial charge in [-0.15, -0.1) is 0 Å². The van der Waals surface area contributed by atoms with E-state index >= 15 is 0 Å². The van der Waals surface area contributed by atoms with Crippen LogP contribution in [-0.4, -0.2) is 45.9 Å². The molecule has 4 aliphatic carbocycles. The van der Waals surface area contributed by atoms with E-state index in [9.17, 15) is 13.2 Å². The van der Waals surface area contributed by atoms with Gasteiger partial charge in [0, 0.05) is 13.1 Å². The van der Waals surface area contributed by atoms with Gasteiger partial charge >= 0.3 is 6.09 Å². The van der Waals surface area contributed by atoms with Crippen molar-refractivity contribution < 1.29 is 22.1 Å². The molecule has 0 aromatic heterocycles. The third kappa shape index (κ3) is 7.01. The Labute approximate surface area is 217 Å². The van der Waals surface area contributed by atoms with Gasteiger partial charge < -0.3 is 15.4 Å². The van der Waals surface area contributed by atoms with E-state index < -0.39 is 15.7 Å². The van der Waals surface area contributed by atoms with E-state index in [4.69, 9.17) is 8.92 Å². The Morgan fingerprint density at radius 2 is 1.64 bits per heavy atom. The smallest absolute Gasteiger partial charge is 0.407 e. The second-order valence-corrected chi connectivity index (χ2v) is 14.0. The number of benzene rings is 1. The molecule has 0 spiro atoms. The number of ether oxygens (including phenoxy) is 1.